The van der Waals surface area contributed by atoms with E-state index in [-0.39, 0.29) is 12.0 Å². The summed E-state index contributed by atoms with van der Waals surface area (Å²) < 4.78 is 16.5. The van der Waals surface area contributed by atoms with Crippen molar-refractivity contribution in [3.63, 3.8) is 0 Å². The highest BCUT2D eigenvalue weighted by molar-refractivity contribution is 5.86. The molecule has 0 aliphatic rings. The SMILES string of the molecule is C=C(C)C(=O)OCCOc1ccc(C(C)(C)c2ccc(OCCC(C)C)cc2)cc1. The van der Waals surface area contributed by atoms with Gasteiger partial charge in [0.05, 0.1) is 6.61 Å². The Morgan fingerprint density at radius 3 is 1.77 bits per heavy atom. The van der Waals surface area contributed by atoms with Crippen LogP contribution in [0.4, 0.5) is 0 Å². The third-order valence-corrected chi connectivity index (χ3v) is 5.05. The van der Waals surface area contributed by atoms with Crippen LogP contribution >= 0.6 is 0 Å². The summed E-state index contributed by atoms with van der Waals surface area (Å²) in [6, 6.07) is 16.4. The molecule has 4 heteroatoms. The number of hydrogen-bond acceptors (Lipinski definition) is 4. The average molecular weight is 411 g/mol. The van der Waals surface area contributed by atoms with Crippen molar-refractivity contribution in [3.05, 3.63) is 71.8 Å². The molecule has 0 N–H and O–H groups in total. The van der Waals surface area contributed by atoms with Gasteiger partial charge in [-0.3, -0.25) is 0 Å². The van der Waals surface area contributed by atoms with E-state index in [2.05, 4.69) is 58.5 Å². The Bertz CT molecular complexity index is 817. The van der Waals surface area contributed by atoms with Crippen LogP contribution < -0.4 is 9.47 Å². The fourth-order valence-electron chi connectivity index (χ4n) is 2.93. The molecule has 0 heterocycles. The molecule has 0 saturated carbocycles. The van der Waals surface area contributed by atoms with Crippen molar-refractivity contribution in [2.24, 2.45) is 5.92 Å². The Morgan fingerprint density at radius 1 is 0.867 bits per heavy atom. The molecular formula is C26H34O4. The van der Waals surface area contributed by atoms with Gasteiger partial charge in [-0.2, -0.15) is 0 Å². The topological polar surface area (TPSA) is 44.8 Å². The molecule has 0 unspecified atom stereocenters. The Balaban J connectivity index is 1.92. The second-order valence-electron chi connectivity index (χ2n) is 8.47. The summed E-state index contributed by atoms with van der Waals surface area (Å²) in [5.41, 5.74) is 2.65. The predicted molar refractivity (Wildman–Crippen MR) is 121 cm³/mol. The second kappa shape index (κ2) is 10.9. The first kappa shape index (κ1) is 23.5. The Morgan fingerprint density at radius 2 is 1.33 bits per heavy atom. The summed E-state index contributed by atoms with van der Waals surface area (Å²) in [6.07, 6.45) is 1.05. The lowest BCUT2D eigenvalue weighted by Gasteiger charge is -2.26. The molecule has 0 radical (unpaired) electrons. The summed E-state index contributed by atoms with van der Waals surface area (Å²) in [4.78, 5) is 11.4. The molecule has 4 nitrogen and oxygen atoms in total. The van der Waals surface area contributed by atoms with E-state index in [1.54, 1.807) is 6.92 Å². The molecule has 2 aromatic rings. The zero-order chi connectivity index (χ0) is 22.1. The third kappa shape index (κ3) is 6.94. The summed E-state index contributed by atoms with van der Waals surface area (Å²) in [6.45, 7) is 15.2. The number of rotatable bonds is 11. The van der Waals surface area contributed by atoms with Gasteiger partial charge in [0, 0.05) is 11.0 Å². The molecule has 2 aromatic carbocycles. The van der Waals surface area contributed by atoms with Gasteiger partial charge in [0.15, 0.2) is 0 Å². The van der Waals surface area contributed by atoms with Crippen LogP contribution in [0, 0.1) is 5.92 Å². The van der Waals surface area contributed by atoms with Crippen molar-refractivity contribution in [3.8, 4) is 11.5 Å². The van der Waals surface area contributed by atoms with Crippen LogP contribution in [0.5, 0.6) is 11.5 Å². The average Bonchev–Trinajstić information content (AvgIpc) is 2.71. The highest BCUT2D eigenvalue weighted by Crippen LogP contribution is 2.33. The van der Waals surface area contributed by atoms with Crippen molar-refractivity contribution in [1.29, 1.82) is 0 Å². The van der Waals surface area contributed by atoms with Crippen LogP contribution in [-0.4, -0.2) is 25.8 Å². The van der Waals surface area contributed by atoms with Crippen molar-refractivity contribution in [2.75, 3.05) is 19.8 Å². The fourth-order valence-corrected chi connectivity index (χ4v) is 2.93. The smallest absolute Gasteiger partial charge is 0.333 e. The maximum absolute atomic E-state index is 11.4. The first-order valence-corrected chi connectivity index (χ1v) is 10.5. The van der Waals surface area contributed by atoms with Gasteiger partial charge in [-0.15, -0.1) is 0 Å². The van der Waals surface area contributed by atoms with Gasteiger partial charge in [0.2, 0.25) is 0 Å². The van der Waals surface area contributed by atoms with E-state index in [0.29, 0.717) is 18.1 Å². The molecule has 0 saturated heterocycles. The number of carbonyl (C=O) groups excluding carboxylic acids is 1. The summed E-state index contributed by atoms with van der Waals surface area (Å²) in [5, 5.41) is 0. The van der Waals surface area contributed by atoms with Crippen LogP contribution in [0.15, 0.2) is 60.7 Å². The van der Waals surface area contributed by atoms with Gasteiger partial charge < -0.3 is 14.2 Å². The summed E-state index contributed by atoms with van der Waals surface area (Å²) in [7, 11) is 0. The molecule has 0 amide bonds. The third-order valence-electron chi connectivity index (χ3n) is 5.05. The van der Waals surface area contributed by atoms with Crippen molar-refractivity contribution >= 4 is 5.97 Å². The lowest BCUT2D eigenvalue weighted by molar-refractivity contribution is -0.139. The summed E-state index contributed by atoms with van der Waals surface area (Å²) >= 11 is 0. The molecule has 0 fully saturated rings. The van der Waals surface area contributed by atoms with Crippen LogP contribution in [0.3, 0.4) is 0 Å². The maximum atomic E-state index is 11.4. The van der Waals surface area contributed by atoms with Gasteiger partial charge in [0.25, 0.3) is 0 Å². The van der Waals surface area contributed by atoms with Crippen LogP contribution in [0.25, 0.3) is 0 Å². The number of carbonyl (C=O) groups is 1. The zero-order valence-electron chi connectivity index (χ0n) is 18.9. The molecule has 0 spiro atoms. The minimum absolute atomic E-state index is 0.147. The lowest BCUT2D eigenvalue weighted by Crippen LogP contribution is -2.18. The molecule has 0 aliphatic carbocycles. The Labute approximate surface area is 180 Å². The summed E-state index contributed by atoms with van der Waals surface area (Å²) in [5.74, 6) is 1.90. The van der Waals surface area contributed by atoms with E-state index in [4.69, 9.17) is 14.2 Å². The number of hydrogen-bond donors (Lipinski definition) is 0. The molecule has 162 valence electrons. The Hall–Kier alpha value is -2.75. The van der Waals surface area contributed by atoms with Gasteiger partial charge in [-0.25, -0.2) is 4.79 Å². The molecular weight excluding hydrogens is 376 g/mol. The van der Waals surface area contributed by atoms with E-state index in [1.807, 2.05) is 24.3 Å². The van der Waals surface area contributed by atoms with Gasteiger partial charge in [0.1, 0.15) is 24.7 Å². The van der Waals surface area contributed by atoms with Crippen LogP contribution in [-0.2, 0) is 14.9 Å². The first-order valence-electron chi connectivity index (χ1n) is 10.5. The highest BCUT2D eigenvalue weighted by Gasteiger charge is 2.23. The Kier molecular flexibility index (Phi) is 8.52. The lowest BCUT2D eigenvalue weighted by atomic mass is 9.78. The van der Waals surface area contributed by atoms with Gasteiger partial charge >= 0.3 is 5.97 Å². The predicted octanol–water partition coefficient (Wildman–Crippen LogP) is 5.94. The molecule has 0 atom stereocenters. The van der Waals surface area contributed by atoms with Crippen molar-refractivity contribution in [2.45, 2.75) is 46.5 Å². The highest BCUT2D eigenvalue weighted by atomic mass is 16.6. The molecule has 30 heavy (non-hydrogen) atoms. The second-order valence-corrected chi connectivity index (χ2v) is 8.47. The number of esters is 1. The molecule has 2 rings (SSSR count). The molecule has 0 aliphatic heterocycles. The monoisotopic (exact) mass is 410 g/mol. The van der Waals surface area contributed by atoms with E-state index in [1.165, 1.54) is 11.1 Å². The largest absolute Gasteiger partial charge is 0.494 e. The molecule has 0 bridgehead atoms. The standard InChI is InChI=1S/C26H34O4/c1-19(2)15-16-28-23-11-7-21(8-12-23)26(5,6)22-9-13-24(14-10-22)29-17-18-30-25(27)20(3)4/h7-14,19H,3,15-18H2,1-2,4-6H3. The first-order chi connectivity index (χ1) is 14.2. The van der Waals surface area contributed by atoms with Crippen LogP contribution in [0.1, 0.15) is 52.2 Å². The minimum atomic E-state index is -0.396. The van der Waals surface area contributed by atoms with Gasteiger partial charge in [-0.05, 0) is 54.7 Å². The van der Waals surface area contributed by atoms with E-state index < -0.39 is 5.97 Å². The van der Waals surface area contributed by atoms with E-state index in [9.17, 15) is 4.79 Å². The van der Waals surface area contributed by atoms with Crippen molar-refractivity contribution < 1.29 is 19.0 Å². The molecule has 0 aromatic heterocycles. The zero-order valence-corrected chi connectivity index (χ0v) is 18.9. The quantitative estimate of drug-likeness (QED) is 0.261. The number of benzene rings is 2. The number of ether oxygens (including phenoxy) is 3. The maximum Gasteiger partial charge on any atom is 0.333 e. The fraction of sp³-hybridized carbons (Fsp3) is 0.423. The van der Waals surface area contributed by atoms with Crippen molar-refractivity contribution in [1.82, 2.24) is 0 Å². The normalized spacial score (nSPS) is 11.3. The van der Waals surface area contributed by atoms with E-state index >= 15 is 0 Å². The minimum Gasteiger partial charge on any atom is -0.494 e. The van der Waals surface area contributed by atoms with Gasteiger partial charge in [-0.1, -0.05) is 58.5 Å². The van der Waals surface area contributed by atoms with Crippen LogP contribution in [0.2, 0.25) is 0 Å². The van der Waals surface area contributed by atoms with E-state index in [0.717, 1.165) is 24.5 Å².